The van der Waals surface area contributed by atoms with Crippen LogP contribution in [0.1, 0.15) is 11.5 Å². The molecule has 1 aromatic heterocycles. The molecule has 0 aromatic carbocycles. The average Bonchev–Trinajstić information content (AvgIpc) is 2.31. The molecule has 0 unspecified atom stereocenters. The molecule has 0 atom stereocenters. The van der Waals surface area contributed by atoms with Crippen LogP contribution in [0, 0.1) is 6.92 Å². The van der Waals surface area contributed by atoms with Gasteiger partial charge in [-0.1, -0.05) is 5.16 Å². The summed E-state index contributed by atoms with van der Waals surface area (Å²) >= 11 is 0. The maximum absolute atomic E-state index is 9.64. The van der Waals surface area contributed by atoms with Gasteiger partial charge in [-0.3, -0.25) is 0 Å². The number of aliphatic hydroxyl groups is 1. The quantitative estimate of drug-likeness (QED) is 0.629. The van der Waals surface area contributed by atoms with E-state index in [9.17, 15) is 5.11 Å². The smallest absolute Gasteiger partial charge is 0.173 e. The lowest BCUT2D eigenvalue weighted by Crippen LogP contribution is -2.46. The fourth-order valence-electron chi connectivity index (χ4n) is 1.02. The highest BCUT2D eigenvalue weighted by Crippen LogP contribution is 2.29. The first-order valence-corrected chi connectivity index (χ1v) is 3.45. The third-order valence-corrected chi connectivity index (χ3v) is 1.77. The van der Waals surface area contributed by atoms with Gasteiger partial charge in [0.1, 0.15) is 0 Å². The predicted octanol–water partition coefficient (Wildman–Crippen LogP) is 0.201. The van der Waals surface area contributed by atoms with Gasteiger partial charge in [0.05, 0.1) is 18.9 Å². The molecule has 1 saturated heterocycles. The molecule has 2 rings (SSSR count). The number of aromatic nitrogens is 1. The fourth-order valence-corrected chi connectivity index (χ4v) is 1.02. The second kappa shape index (κ2) is 2.06. The lowest BCUT2D eigenvalue weighted by atomic mass is 9.99. The van der Waals surface area contributed by atoms with E-state index in [-0.39, 0.29) is 0 Å². The van der Waals surface area contributed by atoms with E-state index in [0.717, 1.165) is 5.69 Å². The largest absolute Gasteiger partial charge is 0.377 e. The van der Waals surface area contributed by atoms with Crippen LogP contribution in [0.3, 0.4) is 0 Å². The summed E-state index contributed by atoms with van der Waals surface area (Å²) in [7, 11) is 0. The van der Waals surface area contributed by atoms with Crippen LogP contribution in [0.25, 0.3) is 0 Å². The van der Waals surface area contributed by atoms with Crippen molar-refractivity contribution in [2.45, 2.75) is 12.5 Å². The Morgan fingerprint density at radius 1 is 1.64 bits per heavy atom. The van der Waals surface area contributed by atoms with Crippen LogP contribution in [0.2, 0.25) is 0 Å². The Morgan fingerprint density at radius 3 is 2.73 bits per heavy atom. The summed E-state index contributed by atoms with van der Waals surface area (Å²) in [4.78, 5) is 0. The molecule has 1 aliphatic heterocycles. The number of rotatable bonds is 1. The van der Waals surface area contributed by atoms with Crippen molar-refractivity contribution in [3.05, 3.63) is 17.5 Å². The zero-order valence-electron chi connectivity index (χ0n) is 6.20. The molecule has 0 bridgehead atoms. The zero-order chi connectivity index (χ0) is 7.90. The number of nitrogens with zero attached hydrogens (tertiary/aromatic N) is 1. The van der Waals surface area contributed by atoms with Gasteiger partial charge in [0.2, 0.25) is 0 Å². The van der Waals surface area contributed by atoms with E-state index in [1.54, 1.807) is 6.07 Å². The molecule has 0 aliphatic carbocycles. The minimum Gasteiger partial charge on any atom is -0.377 e. The lowest BCUT2D eigenvalue weighted by Gasteiger charge is -2.33. The van der Waals surface area contributed by atoms with E-state index in [4.69, 9.17) is 9.26 Å². The van der Waals surface area contributed by atoms with Crippen molar-refractivity contribution in [1.82, 2.24) is 5.16 Å². The van der Waals surface area contributed by atoms with Gasteiger partial charge in [0, 0.05) is 6.07 Å². The second-order valence-corrected chi connectivity index (χ2v) is 2.86. The maximum Gasteiger partial charge on any atom is 0.173 e. The van der Waals surface area contributed by atoms with Crippen molar-refractivity contribution in [2.75, 3.05) is 13.2 Å². The van der Waals surface area contributed by atoms with Gasteiger partial charge in [0.25, 0.3) is 0 Å². The molecule has 4 heteroatoms. The topological polar surface area (TPSA) is 55.5 Å². The predicted molar refractivity (Wildman–Crippen MR) is 36.0 cm³/mol. The van der Waals surface area contributed by atoms with Crippen molar-refractivity contribution < 1.29 is 14.4 Å². The second-order valence-electron chi connectivity index (χ2n) is 2.86. The standard InChI is InChI=1S/C7H9NO3/c1-5-2-6(11-8-5)7(9)3-10-4-7/h2,9H,3-4H2,1H3. The molecule has 1 fully saturated rings. The summed E-state index contributed by atoms with van der Waals surface area (Å²) in [5.41, 5.74) is -0.137. The van der Waals surface area contributed by atoms with E-state index >= 15 is 0 Å². The molecule has 1 aromatic rings. The Bertz CT molecular complexity index is 264. The highest BCUT2D eigenvalue weighted by atomic mass is 16.6. The Hall–Kier alpha value is -0.870. The third kappa shape index (κ3) is 0.948. The molecule has 0 spiro atoms. The number of hydrogen-bond acceptors (Lipinski definition) is 4. The van der Waals surface area contributed by atoms with E-state index in [1.165, 1.54) is 0 Å². The third-order valence-electron chi connectivity index (χ3n) is 1.77. The molecule has 4 nitrogen and oxygen atoms in total. The maximum atomic E-state index is 9.64. The van der Waals surface area contributed by atoms with Gasteiger partial charge in [-0.05, 0) is 6.92 Å². The number of ether oxygens (including phenoxy) is 1. The van der Waals surface area contributed by atoms with Crippen LogP contribution in [0.4, 0.5) is 0 Å². The zero-order valence-corrected chi connectivity index (χ0v) is 6.20. The Kier molecular flexibility index (Phi) is 1.27. The first-order valence-electron chi connectivity index (χ1n) is 3.45. The van der Waals surface area contributed by atoms with E-state index in [1.807, 2.05) is 6.92 Å². The minimum atomic E-state index is -0.915. The fraction of sp³-hybridized carbons (Fsp3) is 0.571. The summed E-state index contributed by atoms with van der Waals surface area (Å²) in [6, 6.07) is 1.72. The summed E-state index contributed by atoms with van der Waals surface area (Å²) in [6.07, 6.45) is 0. The molecule has 1 aliphatic rings. The van der Waals surface area contributed by atoms with Gasteiger partial charge in [0.15, 0.2) is 11.4 Å². The van der Waals surface area contributed by atoms with Crippen LogP contribution < -0.4 is 0 Å². The van der Waals surface area contributed by atoms with Crippen LogP contribution in [0.15, 0.2) is 10.6 Å². The highest BCUT2D eigenvalue weighted by Gasteiger charge is 2.41. The van der Waals surface area contributed by atoms with E-state index in [0.29, 0.717) is 19.0 Å². The lowest BCUT2D eigenvalue weighted by molar-refractivity contribution is -0.195. The Morgan fingerprint density at radius 2 is 2.36 bits per heavy atom. The molecule has 11 heavy (non-hydrogen) atoms. The summed E-state index contributed by atoms with van der Waals surface area (Å²) in [5.74, 6) is 0.501. The molecule has 0 radical (unpaired) electrons. The summed E-state index contributed by atoms with van der Waals surface area (Å²) < 4.78 is 9.75. The van der Waals surface area contributed by atoms with Gasteiger partial charge in [-0.15, -0.1) is 0 Å². The molecule has 1 N–H and O–H groups in total. The SMILES string of the molecule is Cc1cc(C2(O)COC2)on1. The van der Waals surface area contributed by atoms with Crippen LogP contribution >= 0.6 is 0 Å². The van der Waals surface area contributed by atoms with Crippen molar-refractivity contribution in [3.63, 3.8) is 0 Å². The van der Waals surface area contributed by atoms with E-state index in [2.05, 4.69) is 5.16 Å². The minimum absolute atomic E-state index is 0.307. The molecule has 0 amide bonds. The number of aryl methyl sites for hydroxylation is 1. The monoisotopic (exact) mass is 155 g/mol. The average molecular weight is 155 g/mol. The van der Waals surface area contributed by atoms with Crippen LogP contribution in [-0.2, 0) is 10.3 Å². The molecule has 60 valence electrons. The highest BCUT2D eigenvalue weighted by molar-refractivity contribution is 5.14. The first kappa shape index (κ1) is 6.82. The van der Waals surface area contributed by atoms with Crippen molar-refractivity contribution >= 4 is 0 Å². The first-order chi connectivity index (χ1) is 5.21. The normalized spacial score (nSPS) is 21.3. The molecular formula is C7H9NO3. The van der Waals surface area contributed by atoms with Gasteiger partial charge < -0.3 is 14.4 Å². The van der Waals surface area contributed by atoms with Gasteiger partial charge >= 0.3 is 0 Å². The number of hydrogen-bond donors (Lipinski definition) is 1. The Balaban J connectivity index is 2.28. The van der Waals surface area contributed by atoms with Crippen LogP contribution in [-0.4, -0.2) is 23.5 Å². The van der Waals surface area contributed by atoms with E-state index < -0.39 is 5.60 Å². The van der Waals surface area contributed by atoms with Crippen molar-refractivity contribution in [2.24, 2.45) is 0 Å². The molecule has 2 heterocycles. The van der Waals surface area contributed by atoms with Gasteiger partial charge in [-0.2, -0.15) is 0 Å². The summed E-state index contributed by atoms with van der Waals surface area (Å²) in [6.45, 7) is 2.43. The van der Waals surface area contributed by atoms with Crippen molar-refractivity contribution in [1.29, 1.82) is 0 Å². The van der Waals surface area contributed by atoms with Gasteiger partial charge in [-0.25, -0.2) is 0 Å². The summed E-state index contributed by atoms with van der Waals surface area (Å²) in [5, 5.41) is 13.3. The molecule has 0 saturated carbocycles. The Labute approximate surface area is 63.8 Å². The van der Waals surface area contributed by atoms with Crippen LogP contribution in [0.5, 0.6) is 0 Å². The van der Waals surface area contributed by atoms with Crippen molar-refractivity contribution in [3.8, 4) is 0 Å². The molecular weight excluding hydrogens is 146 g/mol.